The third-order valence-electron chi connectivity index (χ3n) is 2.69. The highest BCUT2D eigenvalue weighted by molar-refractivity contribution is 9.10. The summed E-state index contributed by atoms with van der Waals surface area (Å²) in [6, 6.07) is 5.04. The summed E-state index contributed by atoms with van der Waals surface area (Å²) in [4.78, 5) is 11.1. The van der Waals surface area contributed by atoms with Crippen LogP contribution in [0.2, 0.25) is 5.02 Å². The Hall–Kier alpha value is -0.580. The maximum absolute atomic E-state index is 11.1. The number of hydrogen-bond donors (Lipinski definition) is 2. The summed E-state index contributed by atoms with van der Waals surface area (Å²) in [7, 11) is 0. The first-order chi connectivity index (χ1) is 8.54. The zero-order valence-electron chi connectivity index (χ0n) is 10.2. The highest BCUT2D eigenvalue weighted by Gasteiger charge is 2.16. The van der Waals surface area contributed by atoms with Gasteiger partial charge in [-0.1, -0.05) is 47.3 Å². The Balaban J connectivity index is 2.60. The molecule has 0 fully saturated rings. The molecule has 2 N–H and O–H groups in total. The molecule has 0 unspecified atom stereocenters. The molecule has 0 radical (unpaired) electrons. The Kier molecular flexibility index (Phi) is 6.68. The summed E-state index contributed by atoms with van der Waals surface area (Å²) < 4.78 is 0.934. The summed E-state index contributed by atoms with van der Waals surface area (Å²) in [6.07, 6.45) is 2.52. The lowest BCUT2D eigenvalue weighted by Crippen LogP contribution is -2.36. The van der Waals surface area contributed by atoms with E-state index in [1.807, 2.05) is 19.1 Å². The minimum Gasteiger partial charge on any atom is -0.480 e. The van der Waals surface area contributed by atoms with Crippen molar-refractivity contribution in [3.8, 4) is 0 Å². The van der Waals surface area contributed by atoms with Crippen molar-refractivity contribution in [2.75, 3.05) is 0 Å². The van der Waals surface area contributed by atoms with Gasteiger partial charge in [-0.15, -0.1) is 0 Å². The molecule has 18 heavy (non-hydrogen) atoms. The first-order valence-corrected chi connectivity index (χ1v) is 7.11. The van der Waals surface area contributed by atoms with Gasteiger partial charge in [-0.2, -0.15) is 0 Å². The molecule has 0 amide bonds. The lowest BCUT2D eigenvalue weighted by atomic mass is 10.1. The fraction of sp³-hybridized carbons (Fsp3) is 0.462. The van der Waals surface area contributed by atoms with Crippen molar-refractivity contribution in [1.82, 2.24) is 5.32 Å². The minimum absolute atomic E-state index is 0.457. The van der Waals surface area contributed by atoms with Crippen LogP contribution in [0.1, 0.15) is 31.7 Å². The van der Waals surface area contributed by atoms with Crippen LogP contribution in [0.5, 0.6) is 0 Å². The second-order valence-corrected chi connectivity index (χ2v) is 5.47. The van der Waals surface area contributed by atoms with Crippen molar-refractivity contribution in [3.63, 3.8) is 0 Å². The van der Waals surface area contributed by atoms with E-state index in [1.54, 1.807) is 6.07 Å². The summed E-state index contributed by atoms with van der Waals surface area (Å²) in [6.45, 7) is 2.50. The minimum atomic E-state index is -0.811. The van der Waals surface area contributed by atoms with Crippen molar-refractivity contribution >= 4 is 33.5 Å². The third kappa shape index (κ3) is 4.96. The molecule has 1 aromatic rings. The van der Waals surface area contributed by atoms with Crippen LogP contribution < -0.4 is 5.32 Å². The lowest BCUT2D eigenvalue weighted by molar-refractivity contribution is -0.139. The van der Waals surface area contributed by atoms with Crippen LogP contribution in [0.15, 0.2) is 22.7 Å². The van der Waals surface area contributed by atoms with E-state index >= 15 is 0 Å². The Morgan fingerprint density at radius 1 is 1.56 bits per heavy atom. The van der Waals surface area contributed by atoms with Crippen LogP contribution in [0.3, 0.4) is 0 Å². The Morgan fingerprint density at radius 2 is 2.28 bits per heavy atom. The molecule has 0 saturated carbocycles. The average Bonchev–Trinajstić information content (AvgIpc) is 2.33. The van der Waals surface area contributed by atoms with Gasteiger partial charge in [0.15, 0.2) is 0 Å². The highest BCUT2D eigenvalue weighted by atomic mass is 79.9. The van der Waals surface area contributed by atoms with Gasteiger partial charge >= 0.3 is 5.97 Å². The van der Waals surface area contributed by atoms with E-state index in [4.69, 9.17) is 16.7 Å². The number of aliphatic carboxylic acids is 1. The van der Waals surface area contributed by atoms with Crippen LogP contribution in [-0.4, -0.2) is 17.1 Å². The molecule has 0 aliphatic rings. The number of rotatable bonds is 7. The molecule has 0 spiro atoms. The maximum atomic E-state index is 11.1. The second kappa shape index (κ2) is 7.77. The summed E-state index contributed by atoms with van der Waals surface area (Å²) in [5, 5.41) is 12.8. The molecule has 0 aliphatic carbocycles. The third-order valence-corrected chi connectivity index (χ3v) is 3.55. The van der Waals surface area contributed by atoms with E-state index in [0.29, 0.717) is 18.0 Å². The van der Waals surface area contributed by atoms with Crippen LogP contribution in [-0.2, 0) is 11.3 Å². The predicted molar refractivity (Wildman–Crippen MR) is 76.9 cm³/mol. The first kappa shape index (κ1) is 15.5. The molecule has 0 saturated heterocycles. The van der Waals surface area contributed by atoms with Gasteiger partial charge in [0.05, 0.1) is 0 Å². The van der Waals surface area contributed by atoms with Gasteiger partial charge in [0.2, 0.25) is 0 Å². The van der Waals surface area contributed by atoms with Gasteiger partial charge in [0.1, 0.15) is 6.04 Å². The molecule has 100 valence electrons. The van der Waals surface area contributed by atoms with Crippen molar-refractivity contribution in [1.29, 1.82) is 0 Å². The molecule has 5 heteroatoms. The quantitative estimate of drug-likeness (QED) is 0.796. The number of nitrogens with one attached hydrogen (secondary N) is 1. The van der Waals surface area contributed by atoms with Gasteiger partial charge in [0.25, 0.3) is 0 Å². The van der Waals surface area contributed by atoms with Gasteiger partial charge in [-0.05, 0) is 30.2 Å². The largest absolute Gasteiger partial charge is 0.480 e. The van der Waals surface area contributed by atoms with E-state index < -0.39 is 12.0 Å². The van der Waals surface area contributed by atoms with Crippen LogP contribution in [0.4, 0.5) is 0 Å². The lowest BCUT2D eigenvalue weighted by Gasteiger charge is -2.14. The van der Waals surface area contributed by atoms with Crippen molar-refractivity contribution < 1.29 is 9.90 Å². The molecule has 0 aromatic heterocycles. The van der Waals surface area contributed by atoms with Gasteiger partial charge < -0.3 is 10.4 Å². The molecule has 3 nitrogen and oxygen atoms in total. The fourth-order valence-electron chi connectivity index (χ4n) is 1.63. The van der Waals surface area contributed by atoms with Crippen molar-refractivity contribution in [2.24, 2.45) is 0 Å². The predicted octanol–water partition coefficient (Wildman–Crippen LogP) is 3.84. The number of carboxylic acid groups (broad SMARTS) is 1. The van der Waals surface area contributed by atoms with E-state index in [-0.39, 0.29) is 0 Å². The first-order valence-electron chi connectivity index (χ1n) is 5.94. The normalized spacial score (nSPS) is 12.4. The number of hydrogen-bond acceptors (Lipinski definition) is 2. The van der Waals surface area contributed by atoms with Gasteiger partial charge in [-0.3, -0.25) is 4.79 Å². The van der Waals surface area contributed by atoms with Crippen LogP contribution in [0, 0.1) is 0 Å². The zero-order valence-corrected chi connectivity index (χ0v) is 12.6. The number of unbranched alkanes of at least 4 members (excludes halogenated alkanes) is 1. The number of carbonyl (C=O) groups is 1. The van der Waals surface area contributed by atoms with E-state index in [1.165, 1.54) is 0 Å². The molecule has 1 aromatic carbocycles. The van der Waals surface area contributed by atoms with E-state index in [9.17, 15) is 4.79 Å². The van der Waals surface area contributed by atoms with E-state index in [2.05, 4.69) is 21.2 Å². The Morgan fingerprint density at radius 3 is 2.89 bits per heavy atom. The topological polar surface area (TPSA) is 49.3 Å². The Labute approximate surface area is 121 Å². The monoisotopic (exact) mass is 333 g/mol. The standard InChI is InChI=1S/C13H17BrClNO2/c1-2-3-4-12(13(17)18)16-8-9-7-10(14)5-6-11(9)15/h5-7,12,16H,2-4,8H2,1H3,(H,17,18)/t12-/m0/s1. The number of benzene rings is 1. The zero-order chi connectivity index (χ0) is 13.5. The molecule has 0 heterocycles. The number of carboxylic acids is 1. The summed E-state index contributed by atoms with van der Waals surface area (Å²) in [5.41, 5.74) is 0.897. The fourth-order valence-corrected chi connectivity index (χ4v) is 2.23. The smallest absolute Gasteiger partial charge is 0.320 e. The second-order valence-electron chi connectivity index (χ2n) is 4.15. The molecule has 1 rings (SSSR count). The SMILES string of the molecule is CCCC[C@H](NCc1cc(Br)ccc1Cl)C(=O)O. The number of halogens is 2. The van der Waals surface area contributed by atoms with Crippen LogP contribution >= 0.6 is 27.5 Å². The summed E-state index contributed by atoms with van der Waals surface area (Å²) in [5.74, 6) is -0.811. The average molecular weight is 335 g/mol. The molecular formula is C13H17BrClNO2. The van der Waals surface area contributed by atoms with Gasteiger partial charge in [-0.25, -0.2) is 0 Å². The molecule has 0 bridgehead atoms. The molecular weight excluding hydrogens is 318 g/mol. The van der Waals surface area contributed by atoms with Crippen molar-refractivity contribution in [3.05, 3.63) is 33.3 Å². The summed E-state index contributed by atoms with van der Waals surface area (Å²) >= 11 is 9.43. The van der Waals surface area contributed by atoms with Gasteiger partial charge in [0, 0.05) is 16.0 Å². The highest BCUT2D eigenvalue weighted by Crippen LogP contribution is 2.21. The molecule has 0 aliphatic heterocycles. The Bertz CT molecular complexity index is 412. The maximum Gasteiger partial charge on any atom is 0.320 e. The molecule has 1 atom stereocenters. The van der Waals surface area contributed by atoms with Crippen LogP contribution in [0.25, 0.3) is 0 Å². The van der Waals surface area contributed by atoms with Crippen molar-refractivity contribution in [2.45, 2.75) is 38.8 Å². The van der Waals surface area contributed by atoms with E-state index in [0.717, 1.165) is 22.9 Å².